The van der Waals surface area contributed by atoms with Crippen molar-refractivity contribution in [3.05, 3.63) is 130 Å². The monoisotopic (exact) mass is 570 g/mol. The van der Waals surface area contributed by atoms with Crippen LogP contribution >= 0.6 is 11.3 Å². The highest BCUT2D eigenvalue weighted by Gasteiger charge is 2.50. The van der Waals surface area contributed by atoms with Crippen molar-refractivity contribution < 1.29 is 19.7 Å². The molecule has 0 aliphatic rings. The number of hydrogen-bond acceptors (Lipinski definition) is 5. The second kappa shape index (κ2) is 13.4. The molecule has 0 amide bonds. The zero-order valence-corrected chi connectivity index (χ0v) is 25.1. The van der Waals surface area contributed by atoms with Gasteiger partial charge in [-0.15, -0.1) is 17.1 Å². The molecule has 0 aliphatic carbocycles. The minimum absolute atomic E-state index is 0.0655. The fraction of sp³-hybridized carbons (Fsp3) is 0.265. The summed E-state index contributed by atoms with van der Waals surface area (Å²) in [5, 5.41) is 36.0. The van der Waals surface area contributed by atoms with Crippen LogP contribution in [0.3, 0.4) is 0 Å². The highest BCUT2D eigenvalue weighted by Crippen LogP contribution is 2.37. The van der Waals surface area contributed by atoms with Crippen LogP contribution in [0.15, 0.2) is 120 Å². The molecule has 1 heterocycles. The number of thiophene rings is 1. The van der Waals surface area contributed by atoms with Gasteiger partial charge in [-0.25, -0.2) is 0 Å². The maximum atomic E-state index is 11.0. The van der Waals surface area contributed by atoms with E-state index in [1.165, 1.54) is 21.7 Å². The Morgan fingerprint density at radius 1 is 0.850 bits per heavy atom. The molecule has 208 valence electrons. The van der Waals surface area contributed by atoms with Crippen LogP contribution in [0.1, 0.15) is 56.3 Å². The molecule has 0 saturated heterocycles. The fourth-order valence-corrected chi connectivity index (χ4v) is 10.4. The van der Waals surface area contributed by atoms with Gasteiger partial charge in [0.25, 0.3) is 8.32 Å². The molecule has 0 aliphatic heterocycles. The number of hydrogen-bond donors (Lipinski definition) is 3. The Bertz CT molecular complexity index is 1370. The van der Waals surface area contributed by atoms with E-state index in [9.17, 15) is 15.3 Å². The van der Waals surface area contributed by atoms with E-state index in [1.54, 1.807) is 30.3 Å². The molecule has 0 spiro atoms. The van der Waals surface area contributed by atoms with Crippen molar-refractivity contribution in [2.45, 2.75) is 50.9 Å². The summed E-state index contributed by atoms with van der Waals surface area (Å²) < 4.78 is 7.12. The zero-order valence-electron chi connectivity index (χ0n) is 23.3. The third-order valence-corrected chi connectivity index (χ3v) is 13.1. The Labute approximate surface area is 242 Å². The molecule has 0 saturated carbocycles. The van der Waals surface area contributed by atoms with Crippen molar-refractivity contribution in [2.24, 2.45) is 0 Å². The van der Waals surface area contributed by atoms with Gasteiger partial charge in [0.05, 0.1) is 18.8 Å². The van der Waals surface area contributed by atoms with Crippen molar-refractivity contribution in [1.82, 2.24) is 0 Å². The normalized spacial score (nSPS) is 13.3. The predicted octanol–water partition coefficient (Wildman–Crippen LogP) is 6.66. The van der Waals surface area contributed by atoms with Crippen LogP contribution in [0.2, 0.25) is 5.04 Å². The number of aliphatic hydroxyl groups is 2. The summed E-state index contributed by atoms with van der Waals surface area (Å²) in [6, 6.07) is 31.6. The number of rotatable bonds is 11. The molecule has 1 aromatic heterocycles. The first kappa shape index (κ1) is 29.8. The molecule has 0 unspecified atom stereocenters. The molecule has 4 aromatic rings. The maximum Gasteiger partial charge on any atom is 0.261 e. The molecule has 2 atom stereocenters. The Morgan fingerprint density at radius 3 is 2.00 bits per heavy atom. The Kier molecular flexibility index (Phi) is 9.98. The van der Waals surface area contributed by atoms with Crippen molar-refractivity contribution in [2.75, 3.05) is 6.61 Å². The van der Waals surface area contributed by atoms with Gasteiger partial charge in [-0.2, -0.15) is 0 Å². The number of para-hydroxylation sites is 1. The highest BCUT2D eigenvalue weighted by molar-refractivity contribution is 7.10. The molecule has 0 bridgehead atoms. The molecular weight excluding hydrogens is 533 g/mol. The van der Waals surface area contributed by atoms with Crippen LogP contribution in [0, 0.1) is 0 Å². The third kappa shape index (κ3) is 6.91. The van der Waals surface area contributed by atoms with Crippen molar-refractivity contribution in [3.63, 3.8) is 0 Å². The van der Waals surface area contributed by atoms with E-state index >= 15 is 0 Å². The van der Waals surface area contributed by atoms with Crippen molar-refractivity contribution >= 4 is 30.0 Å². The first-order valence-electron chi connectivity index (χ1n) is 13.6. The van der Waals surface area contributed by atoms with Crippen LogP contribution in [-0.2, 0) is 4.43 Å². The first-order chi connectivity index (χ1) is 19.2. The second-order valence-electron chi connectivity index (χ2n) is 10.9. The summed E-state index contributed by atoms with van der Waals surface area (Å²) >= 11 is 1.52. The first-order valence-corrected chi connectivity index (χ1v) is 16.4. The average Bonchev–Trinajstić information content (AvgIpc) is 3.49. The summed E-state index contributed by atoms with van der Waals surface area (Å²) in [4.78, 5) is 0.888. The van der Waals surface area contributed by atoms with E-state index in [-0.39, 0.29) is 17.2 Å². The Hall–Kier alpha value is -3.22. The van der Waals surface area contributed by atoms with E-state index in [2.05, 4.69) is 75.0 Å². The minimum atomic E-state index is -2.79. The van der Waals surface area contributed by atoms with Gasteiger partial charge in [0.15, 0.2) is 0 Å². The molecule has 4 nitrogen and oxygen atoms in total. The number of benzene rings is 3. The molecular formula is C34H38O4SSi. The summed E-state index contributed by atoms with van der Waals surface area (Å²) in [7, 11) is -2.79. The number of aliphatic hydroxyl groups excluding tert-OH is 2. The second-order valence-corrected chi connectivity index (χ2v) is 16.2. The highest BCUT2D eigenvalue weighted by atomic mass is 32.1. The van der Waals surface area contributed by atoms with Gasteiger partial charge in [-0.05, 0) is 44.6 Å². The Balaban J connectivity index is 1.70. The number of aromatic hydroxyl groups is 1. The van der Waals surface area contributed by atoms with Crippen LogP contribution in [0.5, 0.6) is 5.75 Å². The lowest BCUT2D eigenvalue weighted by atomic mass is 10.0. The van der Waals surface area contributed by atoms with Gasteiger partial charge in [0.1, 0.15) is 5.75 Å². The van der Waals surface area contributed by atoms with Crippen LogP contribution < -0.4 is 10.4 Å². The predicted molar refractivity (Wildman–Crippen MR) is 167 cm³/mol. The quantitative estimate of drug-likeness (QED) is 0.139. The van der Waals surface area contributed by atoms with Gasteiger partial charge >= 0.3 is 0 Å². The molecule has 3 N–H and O–H groups in total. The summed E-state index contributed by atoms with van der Waals surface area (Å²) in [6.45, 7) is 7.00. The van der Waals surface area contributed by atoms with Crippen molar-refractivity contribution in [3.8, 4) is 5.75 Å². The Morgan fingerprint density at radius 2 is 1.45 bits per heavy atom. The van der Waals surface area contributed by atoms with E-state index < -0.39 is 20.5 Å². The largest absolute Gasteiger partial charge is 0.508 e. The number of phenols is 1. The molecule has 3 aromatic carbocycles. The lowest BCUT2D eigenvalue weighted by molar-refractivity contribution is 0.176. The molecule has 4 rings (SSSR count). The topological polar surface area (TPSA) is 69.9 Å². The van der Waals surface area contributed by atoms with E-state index in [1.807, 2.05) is 29.6 Å². The van der Waals surface area contributed by atoms with E-state index in [0.29, 0.717) is 18.6 Å². The lowest BCUT2D eigenvalue weighted by Gasteiger charge is -2.43. The standard InChI is InChI=1S/C34H38O4SSi/c1-34(2,3)40(27-15-6-4-7-16-27,28-17-8-5-9-18-28)38-25-26(24-32(37)33-22-13-23-39-33)14-12-21-31(36)29-19-10-11-20-30(29)35/h4-13,15-20,22-23,31-32,35-37H,21,24-25H2,1-3H3/t14?,31-,32-/m1/s1. The van der Waals surface area contributed by atoms with Gasteiger partial charge < -0.3 is 19.7 Å². The average molecular weight is 571 g/mol. The smallest absolute Gasteiger partial charge is 0.261 e. The number of phenolic OH excluding ortho intramolecular Hbond substituents is 1. The maximum absolute atomic E-state index is 11.0. The van der Waals surface area contributed by atoms with Crippen LogP contribution in [-0.4, -0.2) is 30.2 Å². The molecule has 0 fully saturated rings. The zero-order chi connectivity index (χ0) is 28.6. The van der Waals surface area contributed by atoms with Gasteiger partial charge in [-0.3, -0.25) is 0 Å². The molecule has 0 radical (unpaired) electrons. The minimum Gasteiger partial charge on any atom is -0.508 e. The summed E-state index contributed by atoms with van der Waals surface area (Å²) in [5.41, 5.74) is 4.65. The van der Waals surface area contributed by atoms with Gasteiger partial charge in [0.2, 0.25) is 0 Å². The lowest BCUT2D eigenvalue weighted by Crippen LogP contribution is -2.66. The molecule has 6 heteroatoms. The van der Waals surface area contributed by atoms with E-state index in [0.717, 1.165) is 10.5 Å². The SMILES string of the molecule is CC(C)(C)[Si](OCC(=C=CC[C@@H](O)c1ccccc1O)C[C@@H](O)c1cccs1)(c1ccccc1)c1ccccc1. The third-order valence-electron chi connectivity index (χ3n) is 7.13. The summed E-state index contributed by atoms with van der Waals surface area (Å²) in [5.74, 6) is 0.0655. The van der Waals surface area contributed by atoms with E-state index in [4.69, 9.17) is 4.43 Å². The van der Waals surface area contributed by atoms with Crippen molar-refractivity contribution in [1.29, 1.82) is 0 Å². The van der Waals surface area contributed by atoms with Crippen LogP contribution in [0.25, 0.3) is 0 Å². The fourth-order valence-electron chi connectivity index (χ4n) is 5.14. The van der Waals surface area contributed by atoms with Crippen LogP contribution in [0.4, 0.5) is 0 Å². The molecule has 40 heavy (non-hydrogen) atoms. The summed E-state index contributed by atoms with van der Waals surface area (Å²) in [6.07, 6.45) is 0.871. The van der Waals surface area contributed by atoms with Gasteiger partial charge in [0, 0.05) is 23.3 Å². The van der Waals surface area contributed by atoms with Gasteiger partial charge in [-0.1, -0.05) is 106 Å².